The van der Waals surface area contributed by atoms with Crippen molar-refractivity contribution < 1.29 is 36.4 Å². The molecule has 0 aliphatic carbocycles. The van der Waals surface area contributed by atoms with Gasteiger partial charge in [-0.25, -0.2) is 0 Å². The summed E-state index contributed by atoms with van der Waals surface area (Å²) in [6.45, 7) is 10.3. The summed E-state index contributed by atoms with van der Waals surface area (Å²) in [5.74, 6) is 0. The van der Waals surface area contributed by atoms with Crippen LogP contribution in [0, 0.1) is 0 Å². The van der Waals surface area contributed by atoms with Gasteiger partial charge in [-0.3, -0.25) is 0 Å². The van der Waals surface area contributed by atoms with Gasteiger partial charge in [-0.05, 0) is 0 Å². The maximum atomic E-state index is 13.7. The quantitative estimate of drug-likeness (QED) is 0.0493. The molecule has 304 valence electrons. The van der Waals surface area contributed by atoms with Gasteiger partial charge in [0.15, 0.2) is 0 Å². The predicted octanol–water partition coefficient (Wildman–Crippen LogP) is 15.0. The molecular formula is C45H84O5STi. The van der Waals surface area contributed by atoms with Crippen LogP contribution in [0.5, 0.6) is 0 Å². The zero-order valence-corrected chi connectivity index (χ0v) is 37.4. The Labute approximate surface area is 331 Å². The molecule has 0 heterocycles. The Morgan fingerprint density at radius 2 is 0.808 bits per heavy atom. The molecule has 1 aromatic rings. The maximum absolute atomic E-state index is 13.7. The second-order valence-electron chi connectivity index (χ2n) is 15.9. The first-order valence-corrected chi connectivity index (χ1v) is 25.9. The average molecular weight is 785 g/mol. The zero-order valence-electron chi connectivity index (χ0n) is 35.0. The molecule has 0 aromatic heterocycles. The van der Waals surface area contributed by atoms with Gasteiger partial charge >= 0.3 is 235 Å². The zero-order chi connectivity index (χ0) is 38.1. The van der Waals surface area contributed by atoms with Gasteiger partial charge in [0.25, 0.3) is 0 Å². The van der Waals surface area contributed by atoms with Crippen LogP contribution >= 0.6 is 0 Å². The molecule has 1 aromatic carbocycles. The Bertz CT molecular complexity index is 1100. The monoisotopic (exact) mass is 785 g/mol. The molecule has 0 aliphatic heterocycles. The van der Waals surface area contributed by atoms with E-state index in [0.717, 1.165) is 50.5 Å². The molecule has 52 heavy (non-hydrogen) atoms. The number of hydrogen-bond acceptors (Lipinski definition) is 5. The molecule has 0 saturated heterocycles. The molecule has 0 atom stereocenters. The van der Waals surface area contributed by atoms with Crippen molar-refractivity contribution in [3.8, 4) is 0 Å². The average Bonchev–Trinajstić information content (AvgIpc) is 3.10. The number of hydrogen-bond donors (Lipinski definition) is 0. The van der Waals surface area contributed by atoms with Crippen LogP contribution in [0.2, 0.25) is 0 Å². The minimum Gasteiger partial charge on any atom is -0.0654 e. The van der Waals surface area contributed by atoms with E-state index in [1.54, 1.807) is 19.9 Å². The van der Waals surface area contributed by atoms with Gasteiger partial charge in [0.2, 0.25) is 0 Å². The SMILES string of the molecule is CCCCCCCCCCCCc1ccc(S(=O)(=O)[O][Ti](=[O])[O]C(C)C)c(CCCCCCCCCCCC)c1CCCCCCCCCCCC. The fourth-order valence-corrected chi connectivity index (χ4v) is 10.6. The van der Waals surface area contributed by atoms with E-state index in [1.165, 1.54) is 178 Å². The molecule has 1 rings (SSSR count). The van der Waals surface area contributed by atoms with E-state index < -0.39 is 28.7 Å². The molecule has 0 fully saturated rings. The summed E-state index contributed by atoms with van der Waals surface area (Å²) in [6.07, 6.45) is 40.6. The van der Waals surface area contributed by atoms with Crippen molar-refractivity contribution in [3.05, 3.63) is 28.8 Å². The standard InChI is InChI=1S/C42H78O3S.C3H7O.O.Ti/c1-4-7-10-13-16-19-22-25-28-31-34-39-37-38-42(46(43,44)45)41(36-33-30-27-24-21-18-15-12-9-6-3)40(39)35-32-29-26-23-20-17-14-11-8-5-2;1-3(2)4;;/h37-38H,4-36H2,1-3H3,(H,43,44,45);3H,1-2H3;;/q;-1;;+2/p-1. The first-order valence-electron chi connectivity index (χ1n) is 22.5. The molecule has 0 radical (unpaired) electrons. The Morgan fingerprint density at radius 3 is 1.17 bits per heavy atom. The van der Waals surface area contributed by atoms with Crippen molar-refractivity contribution in [1.82, 2.24) is 0 Å². The van der Waals surface area contributed by atoms with Gasteiger partial charge in [0, 0.05) is 0 Å². The Kier molecular flexibility index (Phi) is 32.4. The molecule has 0 bridgehead atoms. The molecule has 0 amide bonds. The Balaban J connectivity index is 3.04. The van der Waals surface area contributed by atoms with Crippen molar-refractivity contribution in [2.75, 3.05) is 0 Å². The number of unbranched alkanes of at least 4 members (excludes halogenated alkanes) is 27. The summed E-state index contributed by atoms with van der Waals surface area (Å²) in [5, 5.41) is 0. The van der Waals surface area contributed by atoms with E-state index in [0.29, 0.717) is 0 Å². The molecule has 0 unspecified atom stereocenters. The summed E-state index contributed by atoms with van der Waals surface area (Å²) >= 11 is -3.89. The molecule has 0 N–H and O–H groups in total. The topological polar surface area (TPSA) is 69.7 Å². The summed E-state index contributed by atoms with van der Waals surface area (Å²) in [6, 6.07) is 3.81. The third kappa shape index (κ3) is 25.6. The van der Waals surface area contributed by atoms with Crippen LogP contribution in [0.1, 0.15) is 244 Å². The van der Waals surface area contributed by atoms with Gasteiger partial charge in [-0.2, -0.15) is 0 Å². The van der Waals surface area contributed by atoms with Crippen LogP contribution in [0.15, 0.2) is 17.0 Å². The summed E-state index contributed by atoms with van der Waals surface area (Å²) < 4.78 is 50.7. The van der Waals surface area contributed by atoms with Crippen LogP contribution < -0.4 is 0 Å². The normalized spacial score (nSPS) is 12.0. The van der Waals surface area contributed by atoms with Crippen molar-refractivity contribution >= 4 is 10.1 Å². The first-order chi connectivity index (χ1) is 25.3. The van der Waals surface area contributed by atoms with E-state index in [1.807, 2.05) is 6.07 Å². The number of rotatable bonds is 38. The van der Waals surface area contributed by atoms with Crippen LogP contribution in [0.25, 0.3) is 0 Å². The first kappa shape index (κ1) is 49.6. The number of benzene rings is 1. The summed E-state index contributed by atoms with van der Waals surface area (Å²) in [7, 11) is -4.20. The van der Waals surface area contributed by atoms with Gasteiger partial charge in [-0.1, -0.05) is 97.8 Å². The third-order valence-electron chi connectivity index (χ3n) is 10.6. The number of aryl methyl sites for hydroxylation is 1. The van der Waals surface area contributed by atoms with Gasteiger partial charge in [0.1, 0.15) is 0 Å². The molecule has 0 aliphatic rings. The molecular weight excluding hydrogens is 700 g/mol. The predicted molar refractivity (Wildman–Crippen MR) is 218 cm³/mol. The van der Waals surface area contributed by atoms with Crippen molar-refractivity contribution in [3.63, 3.8) is 0 Å². The summed E-state index contributed by atoms with van der Waals surface area (Å²) in [4.78, 5) is 0.227. The van der Waals surface area contributed by atoms with Gasteiger partial charge in [0.05, 0.1) is 0 Å². The van der Waals surface area contributed by atoms with E-state index in [-0.39, 0.29) is 11.0 Å². The molecule has 0 spiro atoms. The minimum absolute atomic E-state index is 0.227. The van der Waals surface area contributed by atoms with E-state index in [2.05, 4.69) is 20.8 Å². The second-order valence-corrected chi connectivity index (χ2v) is 19.4. The van der Waals surface area contributed by atoms with E-state index in [4.69, 9.17) is 6.08 Å². The van der Waals surface area contributed by atoms with Crippen molar-refractivity contribution in [2.24, 2.45) is 0 Å². The minimum atomic E-state index is -4.20. The fraction of sp³-hybridized carbons (Fsp3) is 0.867. The van der Waals surface area contributed by atoms with Gasteiger partial charge < -0.3 is 0 Å². The second kappa shape index (κ2) is 33.9. The molecule has 5 nitrogen and oxygen atoms in total. The van der Waals surface area contributed by atoms with Crippen LogP contribution in [0.3, 0.4) is 0 Å². The smallest absolute Gasteiger partial charge is 0.0654 e. The Hall–Kier alpha value is -0.396. The third-order valence-corrected chi connectivity index (χ3v) is 14.6. The van der Waals surface area contributed by atoms with Crippen LogP contribution in [-0.4, -0.2) is 14.5 Å². The van der Waals surface area contributed by atoms with E-state index in [9.17, 15) is 11.7 Å². The van der Waals surface area contributed by atoms with Crippen molar-refractivity contribution in [1.29, 1.82) is 0 Å². The molecule has 7 heteroatoms. The van der Waals surface area contributed by atoms with Crippen LogP contribution in [-0.2, 0) is 57.4 Å². The van der Waals surface area contributed by atoms with Gasteiger partial charge in [-0.15, -0.1) is 0 Å². The fourth-order valence-electron chi connectivity index (χ4n) is 7.50. The van der Waals surface area contributed by atoms with E-state index >= 15 is 0 Å². The molecule has 0 saturated carbocycles. The van der Waals surface area contributed by atoms with Crippen LogP contribution in [0.4, 0.5) is 0 Å². The van der Waals surface area contributed by atoms with Crippen molar-refractivity contribution in [2.45, 2.75) is 258 Å². The Morgan fingerprint density at radius 1 is 0.481 bits per heavy atom. The summed E-state index contributed by atoms with van der Waals surface area (Å²) in [5.41, 5.74) is 3.47.